The summed E-state index contributed by atoms with van der Waals surface area (Å²) >= 11 is 0. The largest absolute Gasteiger partial charge is 0.306 e. The van der Waals surface area contributed by atoms with Gasteiger partial charge in [-0.25, -0.2) is 4.98 Å². The second kappa shape index (κ2) is 4.03. The molecule has 1 N–H and O–H groups in total. The van der Waals surface area contributed by atoms with E-state index in [-0.39, 0.29) is 5.56 Å². The number of aromatic amines is 1. The molecular weight excluding hydrogens is 252 g/mol. The molecular formula is C15H10N4O. The summed E-state index contributed by atoms with van der Waals surface area (Å²) in [4.78, 5) is 19.5. The lowest BCUT2D eigenvalue weighted by atomic mass is 10.1. The highest BCUT2D eigenvalue weighted by Crippen LogP contribution is 2.19. The number of benzene rings is 1. The predicted octanol–water partition coefficient (Wildman–Crippen LogP) is 2.24. The first kappa shape index (κ1) is 10.9. The number of hydrogen-bond donors (Lipinski definition) is 1. The van der Waals surface area contributed by atoms with Crippen LogP contribution in [0.5, 0.6) is 0 Å². The number of H-pyrrole nitrogens is 1. The number of aromatic nitrogens is 4. The van der Waals surface area contributed by atoms with E-state index in [9.17, 15) is 4.79 Å². The molecule has 0 amide bonds. The van der Waals surface area contributed by atoms with Crippen LogP contribution in [0.3, 0.4) is 0 Å². The van der Waals surface area contributed by atoms with Crippen LogP contribution in [-0.2, 0) is 0 Å². The summed E-state index contributed by atoms with van der Waals surface area (Å²) in [6, 6.07) is 13.2. The summed E-state index contributed by atoms with van der Waals surface area (Å²) in [7, 11) is 0. The molecule has 5 nitrogen and oxygen atoms in total. The molecule has 0 spiro atoms. The Hall–Kier alpha value is -2.95. The maximum Gasteiger partial charge on any atom is 0.257 e. The molecule has 96 valence electrons. The number of pyridine rings is 1. The number of nitrogens with zero attached hydrogens (tertiary/aromatic N) is 3. The van der Waals surface area contributed by atoms with E-state index in [1.165, 1.54) is 0 Å². The van der Waals surface area contributed by atoms with Crippen LogP contribution in [0.15, 0.2) is 59.7 Å². The minimum absolute atomic E-state index is 0.133. The summed E-state index contributed by atoms with van der Waals surface area (Å²) in [5, 5.41) is 5.02. The Balaban J connectivity index is 2.08. The maximum atomic E-state index is 12.3. The van der Waals surface area contributed by atoms with Crippen molar-refractivity contribution in [3.63, 3.8) is 0 Å². The lowest BCUT2D eigenvalue weighted by Gasteiger charge is -2.04. The van der Waals surface area contributed by atoms with Gasteiger partial charge in [0, 0.05) is 23.2 Å². The van der Waals surface area contributed by atoms with E-state index >= 15 is 0 Å². The molecule has 3 heterocycles. The SMILES string of the molecule is O=c1[nH]c2c(cnc3ccnn32)cc1-c1ccccc1. The molecule has 0 atom stereocenters. The van der Waals surface area contributed by atoms with Crippen molar-refractivity contribution in [2.24, 2.45) is 0 Å². The van der Waals surface area contributed by atoms with Gasteiger partial charge in [0.05, 0.1) is 6.20 Å². The highest BCUT2D eigenvalue weighted by atomic mass is 16.1. The first-order chi connectivity index (χ1) is 9.83. The predicted molar refractivity (Wildman–Crippen MR) is 76.5 cm³/mol. The molecule has 0 aliphatic rings. The summed E-state index contributed by atoms with van der Waals surface area (Å²) < 4.78 is 1.63. The van der Waals surface area contributed by atoms with Crippen LogP contribution in [0.2, 0.25) is 0 Å². The van der Waals surface area contributed by atoms with Crippen LogP contribution in [0.1, 0.15) is 0 Å². The standard InChI is InChI=1S/C15H10N4O/c20-15-12(10-4-2-1-3-5-10)8-11-9-16-13-6-7-17-19(13)14(11)18-15/h1-9H,(H,18,20). The van der Waals surface area contributed by atoms with Crippen LogP contribution < -0.4 is 5.56 Å². The highest BCUT2D eigenvalue weighted by Gasteiger charge is 2.08. The highest BCUT2D eigenvalue weighted by molar-refractivity contribution is 5.81. The molecule has 0 bridgehead atoms. The van der Waals surface area contributed by atoms with Gasteiger partial charge in [0.15, 0.2) is 5.65 Å². The summed E-state index contributed by atoms with van der Waals surface area (Å²) in [5.41, 5.74) is 2.75. The first-order valence-corrected chi connectivity index (χ1v) is 6.24. The van der Waals surface area contributed by atoms with E-state index in [1.807, 2.05) is 36.4 Å². The van der Waals surface area contributed by atoms with Crippen molar-refractivity contribution in [3.8, 4) is 11.1 Å². The molecule has 0 saturated carbocycles. The summed E-state index contributed by atoms with van der Waals surface area (Å²) in [5.74, 6) is 0. The Bertz CT molecular complexity index is 969. The Morgan fingerprint density at radius 2 is 1.95 bits per heavy atom. The van der Waals surface area contributed by atoms with Gasteiger partial charge in [-0.15, -0.1) is 0 Å². The second-order valence-electron chi connectivity index (χ2n) is 4.54. The van der Waals surface area contributed by atoms with Crippen molar-refractivity contribution in [2.45, 2.75) is 0 Å². The molecule has 1 aromatic carbocycles. The quantitative estimate of drug-likeness (QED) is 0.572. The lowest BCUT2D eigenvalue weighted by Crippen LogP contribution is -2.11. The molecule has 4 aromatic rings. The maximum absolute atomic E-state index is 12.3. The smallest absolute Gasteiger partial charge is 0.257 e. The van der Waals surface area contributed by atoms with Crippen LogP contribution in [0.4, 0.5) is 0 Å². The molecule has 0 unspecified atom stereocenters. The van der Waals surface area contributed by atoms with E-state index < -0.39 is 0 Å². The van der Waals surface area contributed by atoms with Gasteiger partial charge >= 0.3 is 0 Å². The number of nitrogens with one attached hydrogen (secondary N) is 1. The van der Waals surface area contributed by atoms with E-state index in [1.54, 1.807) is 23.0 Å². The minimum Gasteiger partial charge on any atom is -0.306 e. The fourth-order valence-corrected chi connectivity index (χ4v) is 2.34. The Kier molecular flexibility index (Phi) is 2.20. The fourth-order valence-electron chi connectivity index (χ4n) is 2.34. The van der Waals surface area contributed by atoms with Crippen molar-refractivity contribution in [1.29, 1.82) is 0 Å². The normalized spacial score (nSPS) is 11.2. The van der Waals surface area contributed by atoms with Gasteiger partial charge in [-0.2, -0.15) is 9.61 Å². The molecule has 0 aliphatic carbocycles. The first-order valence-electron chi connectivity index (χ1n) is 6.24. The molecule has 0 fully saturated rings. The van der Waals surface area contributed by atoms with Crippen molar-refractivity contribution in [1.82, 2.24) is 19.6 Å². The van der Waals surface area contributed by atoms with E-state index in [4.69, 9.17) is 0 Å². The van der Waals surface area contributed by atoms with E-state index in [0.717, 1.165) is 10.9 Å². The Morgan fingerprint density at radius 3 is 2.80 bits per heavy atom. The van der Waals surface area contributed by atoms with Gasteiger partial charge in [-0.1, -0.05) is 30.3 Å². The lowest BCUT2D eigenvalue weighted by molar-refractivity contribution is 0.959. The molecule has 0 saturated heterocycles. The average molecular weight is 262 g/mol. The summed E-state index contributed by atoms with van der Waals surface area (Å²) in [6.45, 7) is 0. The van der Waals surface area contributed by atoms with E-state index in [0.29, 0.717) is 16.9 Å². The Labute approximate surface area is 113 Å². The third kappa shape index (κ3) is 1.53. The van der Waals surface area contributed by atoms with Gasteiger partial charge in [0.2, 0.25) is 0 Å². The average Bonchev–Trinajstić information content (AvgIpc) is 2.96. The number of fused-ring (bicyclic) bond motifs is 3. The topological polar surface area (TPSA) is 63.0 Å². The molecule has 0 radical (unpaired) electrons. The van der Waals surface area contributed by atoms with Gasteiger partial charge in [0.1, 0.15) is 5.65 Å². The van der Waals surface area contributed by atoms with Gasteiger partial charge < -0.3 is 4.98 Å². The zero-order valence-electron chi connectivity index (χ0n) is 10.4. The summed E-state index contributed by atoms with van der Waals surface area (Å²) in [6.07, 6.45) is 3.40. The van der Waals surface area contributed by atoms with E-state index in [2.05, 4.69) is 15.1 Å². The van der Waals surface area contributed by atoms with Crippen LogP contribution in [0, 0.1) is 0 Å². The number of hydrogen-bond acceptors (Lipinski definition) is 3. The van der Waals surface area contributed by atoms with Crippen molar-refractivity contribution >= 4 is 16.7 Å². The fraction of sp³-hybridized carbons (Fsp3) is 0. The minimum atomic E-state index is -0.133. The van der Waals surface area contributed by atoms with Crippen molar-refractivity contribution in [3.05, 3.63) is 65.2 Å². The molecule has 5 heteroatoms. The van der Waals surface area contributed by atoms with Crippen molar-refractivity contribution < 1.29 is 0 Å². The third-order valence-corrected chi connectivity index (χ3v) is 3.31. The number of rotatable bonds is 1. The molecule has 3 aromatic heterocycles. The van der Waals surface area contributed by atoms with Gasteiger partial charge in [0.25, 0.3) is 5.56 Å². The monoisotopic (exact) mass is 262 g/mol. The molecule has 20 heavy (non-hydrogen) atoms. The zero-order chi connectivity index (χ0) is 13.5. The van der Waals surface area contributed by atoms with Gasteiger partial charge in [-0.05, 0) is 11.6 Å². The molecule has 4 rings (SSSR count). The Morgan fingerprint density at radius 1 is 1.10 bits per heavy atom. The second-order valence-corrected chi connectivity index (χ2v) is 4.54. The van der Waals surface area contributed by atoms with Gasteiger partial charge in [-0.3, -0.25) is 4.79 Å². The van der Waals surface area contributed by atoms with Crippen LogP contribution in [-0.4, -0.2) is 19.6 Å². The molecule has 0 aliphatic heterocycles. The van der Waals surface area contributed by atoms with Crippen LogP contribution >= 0.6 is 0 Å². The van der Waals surface area contributed by atoms with Crippen molar-refractivity contribution in [2.75, 3.05) is 0 Å². The zero-order valence-corrected chi connectivity index (χ0v) is 10.4. The van der Waals surface area contributed by atoms with Crippen LogP contribution in [0.25, 0.3) is 27.8 Å². The third-order valence-electron chi connectivity index (χ3n) is 3.31.